The van der Waals surface area contributed by atoms with Crippen molar-refractivity contribution in [1.29, 1.82) is 0 Å². The van der Waals surface area contributed by atoms with Gasteiger partial charge in [-0.1, -0.05) is 6.92 Å². The van der Waals surface area contributed by atoms with Crippen LogP contribution in [0.1, 0.15) is 46.1 Å². The number of hydrogen-bond donors (Lipinski definition) is 1. The number of alkyl halides is 2. The highest BCUT2D eigenvalue weighted by Gasteiger charge is 2.33. The predicted octanol–water partition coefficient (Wildman–Crippen LogP) is 5.97. The van der Waals surface area contributed by atoms with Crippen molar-refractivity contribution in [1.82, 2.24) is 4.72 Å². The molecule has 2 aromatic rings. The molecule has 0 saturated heterocycles. The van der Waals surface area contributed by atoms with Gasteiger partial charge in [0.25, 0.3) is 10.0 Å². The first-order valence-corrected chi connectivity index (χ1v) is 13.8. The van der Waals surface area contributed by atoms with Crippen molar-refractivity contribution in [3.05, 3.63) is 17.2 Å². The minimum Gasteiger partial charge on any atom is -0.487 e. The molecule has 13 heteroatoms. The Hall–Kier alpha value is -1.56. The van der Waals surface area contributed by atoms with E-state index < -0.39 is 49.1 Å². The molecule has 0 aliphatic carbocycles. The van der Waals surface area contributed by atoms with Gasteiger partial charge in [-0.3, -0.25) is 0 Å². The molecule has 0 atom stereocenters. The number of nitrogens with one attached hydrogen (secondary N) is 1. The molecule has 0 bridgehead atoms. The second-order valence-electron chi connectivity index (χ2n) is 8.10. The Balaban J connectivity index is 2.67. The number of halogens is 4. The fraction of sp³-hybridized carbons (Fsp3) is 0.571. The lowest BCUT2D eigenvalue weighted by Crippen LogP contribution is -2.36. The zero-order chi connectivity index (χ0) is 25.7. The van der Waals surface area contributed by atoms with Gasteiger partial charge in [0.15, 0.2) is 11.6 Å². The number of benzene rings is 1. The van der Waals surface area contributed by atoms with E-state index in [2.05, 4.69) is 0 Å². The summed E-state index contributed by atoms with van der Waals surface area (Å²) in [5.41, 5.74) is -0.946. The Morgan fingerprint density at radius 1 is 1.03 bits per heavy atom. The first-order chi connectivity index (χ1) is 15.9. The maximum absolute atomic E-state index is 15.6. The summed E-state index contributed by atoms with van der Waals surface area (Å²) in [6.45, 7) is 6.28. The molecule has 0 aliphatic rings. The molecule has 0 saturated carbocycles. The number of sulfonamides is 1. The van der Waals surface area contributed by atoms with Gasteiger partial charge >= 0.3 is 6.09 Å². The molecule has 1 N–H and O–H groups in total. The van der Waals surface area contributed by atoms with Crippen LogP contribution in [0.3, 0.4) is 0 Å². The molecule has 0 unspecified atom stereocenters. The Labute approximate surface area is 211 Å². The molecule has 0 aliphatic heterocycles. The van der Waals surface area contributed by atoms with E-state index in [0.717, 1.165) is 0 Å². The summed E-state index contributed by atoms with van der Waals surface area (Å²) in [5, 5.41) is -0.250. The van der Waals surface area contributed by atoms with Crippen molar-refractivity contribution in [3.8, 4) is 11.5 Å². The lowest BCUT2D eigenvalue weighted by Gasteiger charge is -2.19. The summed E-state index contributed by atoms with van der Waals surface area (Å²) < 4.78 is 74.1. The molecule has 7 nitrogen and oxygen atoms in total. The van der Waals surface area contributed by atoms with Crippen molar-refractivity contribution in [2.45, 2.75) is 56.8 Å². The number of thiophene rings is 1. The highest BCUT2D eigenvalue weighted by Crippen LogP contribution is 2.46. The van der Waals surface area contributed by atoms with Crippen LogP contribution in [0, 0.1) is 11.6 Å². The van der Waals surface area contributed by atoms with E-state index in [-0.39, 0.29) is 47.0 Å². The van der Waals surface area contributed by atoms with Gasteiger partial charge in [0.2, 0.25) is 11.5 Å². The topological polar surface area (TPSA) is 90.9 Å². The second kappa shape index (κ2) is 11.9. The average molecular weight is 562 g/mol. The van der Waals surface area contributed by atoms with E-state index in [1.165, 1.54) is 0 Å². The standard InChI is InChI=1S/C21H27Cl2F2NO6S2/c1-5-12-13-14(24)16(30-10-6-8-22)17(31-11-7-9-23)15(25)18(13)33-19(12)34(28,29)26-20(27)32-21(2,3)4/h5-11H2,1-4H3,(H,26,27). The summed E-state index contributed by atoms with van der Waals surface area (Å²) in [4.78, 5) is 12.1. The van der Waals surface area contributed by atoms with Gasteiger partial charge in [0.05, 0.1) is 17.9 Å². The average Bonchev–Trinajstić information content (AvgIpc) is 3.13. The van der Waals surface area contributed by atoms with Gasteiger partial charge in [-0.25, -0.2) is 26.7 Å². The van der Waals surface area contributed by atoms with Crippen LogP contribution in [-0.4, -0.2) is 45.1 Å². The van der Waals surface area contributed by atoms with Crippen LogP contribution in [0.2, 0.25) is 0 Å². The molecule has 34 heavy (non-hydrogen) atoms. The largest absolute Gasteiger partial charge is 0.487 e. The normalized spacial score (nSPS) is 12.1. The van der Waals surface area contributed by atoms with E-state index >= 15 is 8.78 Å². The van der Waals surface area contributed by atoms with Crippen LogP contribution in [0.15, 0.2) is 4.21 Å². The fourth-order valence-electron chi connectivity index (χ4n) is 2.96. The molecule has 192 valence electrons. The number of carbonyl (C=O) groups is 1. The molecular weight excluding hydrogens is 535 g/mol. The van der Waals surface area contributed by atoms with Crippen LogP contribution in [0.5, 0.6) is 11.5 Å². The van der Waals surface area contributed by atoms with Crippen molar-refractivity contribution in [2.75, 3.05) is 25.0 Å². The first-order valence-electron chi connectivity index (χ1n) is 10.5. The zero-order valence-corrected chi connectivity index (χ0v) is 22.4. The van der Waals surface area contributed by atoms with Crippen LogP contribution in [-0.2, 0) is 21.2 Å². The molecule has 0 radical (unpaired) electrons. The van der Waals surface area contributed by atoms with Crippen LogP contribution >= 0.6 is 34.5 Å². The summed E-state index contributed by atoms with van der Waals surface area (Å²) >= 11 is 11.8. The van der Waals surface area contributed by atoms with E-state index in [1.807, 2.05) is 0 Å². The summed E-state index contributed by atoms with van der Waals surface area (Å²) in [5.74, 6) is -2.39. The predicted molar refractivity (Wildman–Crippen MR) is 129 cm³/mol. The number of fused-ring (bicyclic) bond motifs is 1. The van der Waals surface area contributed by atoms with Gasteiger partial charge < -0.3 is 14.2 Å². The number of carbonyl (C=O) groups excluding carboxylic acids is 1. The molecule has 1 aromatic carbocycles. The minimum absolute atomic E-state index is 0.00182. The van der Waals surface area contributed by atoms with Crippen molar-refractivity contribution < 1.29 is 36.2 Å². The van der Waals surface area contributed by atoms with E-state index in [0.29, 0.717) is 24.2 Å². The molecule has 2 rings (SSSR count). The van der Waals surface area contributed by atoms with Gasteiger partial charge in [0, 0.05) is 17.1 Å². The van der Waals surface area contributed by atoms with Gasteiger partial charge in [-0.05, 0) is 45.6 Å². The Morgan fingerprint density at radius 2 is 1.56 bits per heavy atom. The van der Waals surface area contributed by atoms with Gasteiger partial charge in [0.1, 0.15) is 9.81 Å². The monoisotopic (exact) mass is 561 g/mol. The quantitative estimate of drug-likeness (QED) is 0.268. The third-order valence-corrected chi connectivity index (χ3v) is 7.89. The highest BCUT2D eigenvalue weighted by molar-refractivity contribution is 7.92. The Kier molecular flexibility index (Phi) is 10.1. The third-order valence-electron chi connectivity index (χ3n) is 4.26. The van der Waals surface area contributed by atoms with Crippen molar-refractivity contribution >= 4 is 60.7 Å². The number of rotatable bonds is 11. The van der Waals surface area contributed by atoms with E-state index in [1.54, 1.807) is 32.4 Å². The molecule has 1 amide bonds. The van der Waals surface area contributed by atoms with Crippen molar-refractivity contribution in [2.24, 2.45) is 0 Å². The second-order valence-corrected chi connectivity index (χ2v) is 11.8. The summed E-state index contributed by atoms with van der Waals surface area (Å²) in [6.07, 6.45) is -0.436. The van der Waals surface area contributed by atoms with E-state index in [4.69, 9.17) is 37.4 Å². The molecule has 0 fully saturated rings. The minimum atomic E-state index is -4.49. The number of ether oxygens (including phenoxy) is 3. The molecule has 1 heterocycles. The van der Waals surface area contributed by atoms with Crippen LogP contribution in [0.4, 0.5) is 13.6 Å². The maximum atomic E-state index is 15.6. The smallest absolute Gasteiger partial charge is 0.421 e. The van der Waals surface area contributed by atoms with Crippen LogP contribution in [0.25, 0.3) is 10.1 Å². The maximum Gasteiger partial charge on any atom is 0.421 e. The number of hydrogen-bond acceptors (Lipinski definition) is 7. The van der Waals surface area contributed by atoms with Gasteiger partial charge in [-0.2, -0.15) is 0 Å². The summed E-state index contributed by atoms with van der Waals surface area (Å²) in [6, 6.07) is 0. The number of aryl methyl sites for hydroxylation is 1. The third kappa shape index (κ3) is 6.77. The Bertz CT molecular complexity index is 1130. The van der Waals surface area contributed by atoms with E-state index in [9.17, 15) is 13.2 Å². The molecule has 1 aromatic heterocycles. The number of amides is 1. The zero-order valence-electron chi connectivity index (χ0n) is 19.2. The van der Waals surface area contributed by atoms with Gasteiger partial charge in [-0.15, -0.1) is 34.5 Å². The Morgan fingerprint density at radius 3 is 2.03 bits per heavy atom. The first kappa shape index (κ1) is 28.7. The fourth-order valence-corrected chi connectivity index (χ4v) is 5.96. The molecular formula is C21H27Cl2F2NO6S2. The highest BCUT2D eigenvalue weighted by atomic mass is 35.5. The lowest BCUT2D eigenvalue weighted by atomic mass is 10.1. The van der Waals surface area contributed by atoms with Crippen molar-refractivity contribution in [3.63, 3.8) is 0 Å². The molecule has 0 spiro atoms. The lowest BCUT2D eigenvalue weighted by molar-refractivity contribution is 0.0570. The SMILES string of the molecule is CCc1c(S(=O)(=O)NC(=O)OC(C)(C)C)sc2c(F)c(OCCCCl)c(OCCCCl)c(F)c12. The van der Waals surface area contributed by atoms with Crippen LogP contribution < -0.4 is 14.2 Å². The summed E-state index contributed by atoms with van der Waals surface area (Å²) in [7, 11) is -4.49.